The van der Waals surface area contributed by atoms with Crippen molar-refractivity contribution in [2.24, 2.45) is 0 Å². The number of rotatable bonds is 11. The standard InChI is InChI=1S/C18H28NO6P/c1-7-9-15-10-11-16(17(12-15)22-6)25-26(21,23-8-2)19-14(5)18(20)24-13(3)4/h7,10-14H,1,8-9H2,2-6H3,(H,19,21)/t14-,26?/m0/s1. The molecule has 1 rings (SSSR count). The molecule has 0 aliphatic heterocycles. The molecule has 0 bridgehead atoms. The maximum Gasteiger partial charge on any atom is 0.459 e. The van der Waals surface area contributed by atoms with Gasteiger partial charge in [-0.15, -0.1) is 6.58 Å². The average molecular weight is 385 g/mol. The molecule has 26 heavy (non-hydrogen) atoms. The molecule has 0 saturated carbocycles. The first-order chi connectivity index (χ1) is 12.2. The molecule has 2 atom stereocenters. The number of methoxy groups -OCH3 is 1. The molecule has 0 spiro atoms. The molecule has 1 N–H and O–H groups in total. The Hall–Kier alpha value is -1.82. The second-order valence-electron chi connectivity index (χ2n) is 5.82. The van der Waals surface area contributed by atoms with Crippen LogP contribution in [0.5, 0.6) is 11.5 Å². The highest BCUT2D eigenvalue weighted by Gasteiger charge is 2.32. The molecule has 0 aliphatic rings. The third kappa shape index (κ3) is 6.83. The van der Waals surface area contributed by atoms with Crippen molar-refractivity contribution in [2.75, 3.05) is 13.7 Å². The van der Waals surface area contributed by atoms with Gasteiger partial charge in [-0.2, -0.15) is 5.09 Å². The summed E-state index contributed by atoms with van der Waals surface area (Å²) < 4.78 is 34.3. The summed E-state index contributed by atoms with van der Waals surface area (Å²) in [6, 6.07) is 4.35. The summed E-state index contributed by atoms with van der Waals surface area (Å²) in [5.41, 5.74) is 0.970. The Morgan fingerprint density at radius 3 is 2.54 bits per heavy atom. The van der Waals surface area contributed by atoms with E-state index in [4.69, 9.17) is 18.5 Å². The summed E-state index contributed by atoms with van der Waals surface area (Å²) in [5.74, 6) is 0.106. The van der Waals surface area contributed by atoms with Gasteiger partial charge in [-0.25, -0.2) is 4.57 Å². The number of hydrogen-bond donors (Lipinski definition) is 1. The van der Waals surface area contributed by atoms with E-state index in [1.165, 1.54) is 14.0 Å². The summed E-state index contributed by atoms with van der Waals surface area (Å²) in [7, 11) is -2.33. The smallest absolute Gasteiger partial charge is 0.459 e. The number of benzene rings is 1. The fraction of sp³-hybridized carbons (Fsp3) is 0.500. The highest BCUT2D eigenvalue weighted by atomic mass is 31.2. The lowest BCUT2D eigenvalue weighted by molar-refractivity contribution is -0.149. The quantitative estimate of drug-likeness (QED) is 0.352. The predicted octanol–water partition coefficient (Wildman–Crippen LogP) is 3.88. The van der Waals surface area contributed by atoms with Crippen molar-refractivity contribution in [1.29, 1.82) is 0 Å². The molecular formula is C18H28NO6P. The predicted molar refractivity (Wildman–Crippen MR) is 101 cm³/mol. The van der Waals surface area contributed by atoms with E-state index < -0.39 is 19.8 Å². The molecule has 0 aliphatic carbocycles. The van der Waals surface area contributed by atoms with Crippen LogP contribution in [0, 0.1) is 0 Å². The van der Waals surface area contributed by atoms with Crippen molar-refractivity contribution in [2.45, 2.75) is 46.3 Å². The Morgan fingerprint density at radius 2 is 2.00 bits per heavy atom. The Kier molecular flexibility index (Phi) is 8.85. The first kappa shape index (κ1) is 22.2. The fourth-order valence-electron chi connectivity index (χ4n) is 2.09. The number of carbonyl (C=O) groups is 1. The molecule has 0 radical (unpaired) electrons. The van der Waals surface area contributed by atoms with E-state index in [-0.39, 0.29) is 18.5 Å². The van der Waals surface area contributed by atoms with Crippen LogP contribution >= 0.6 is 7.75 Å². The zero-order chi connectivity index (χ0) is 19.7. The van der Waals surface area contributed by atoms with Gasteiger partial charge in [-0.1, -0.05) is 12.1 Å². The van der Waals surface area contributed by atoms with Crippen LogP contribution in [0.2, 0.25) is 0 Å². The molecule has 0 heterocycles. The molecule has 1 aromatic rings. The van der Waals surface area contributed by atoms with Gasteiger partial charge in [0.2, 0.25) is 0 Å². The van der Waals surface area contributed by atoms with Gasteiger partial charge < -0.3 is 14.0 Å². The minimum Gasteiger partial charge on any atom is -0.493 e. The van der Waals surface area contributed by atoms with Gasteiger partial charge in [0.25, 0.3) is 0 Å². The van der Waals surface area contributed by atoms with Crippen LogP contribution in [-0.4, -0.2) is 31.8 Å². The van der Waals surface area contributed by atoms with Gasteiger partial charge in [0.15, 0.2) is 11.5 Å². The third-order valence-corrected chi connectivity index (χ3v) is 4.92. The third-order valence-electron chi connectivity index (χ3n) is 3.18. The molecule has 7 nitrogen and oxygen atoms in total. The van der Waals surface area contributed by atoms with Crippen LogP contribution in [0.3, 0.4) is 0 Å². The fourth-order valence-corrected chi connectivity index (χ4v) is 3.60. The number of allylic oxidation sites excluding steroid dienone is 1. The molecule has 0 saturated heterocycles. The second kappa shape index (κ2) is 10.4. The van der Waals surface area contributed by atoms with Gasteiger partial charge in [-0.05, 0) is 51.8 Å². The Bertz CT molecular complexity index is 661. The van der Waals surface area contributed by atoms with Crippen molar-refractivity contribution >= 4 is 13.7 Å². The first-order valence-corrected chi connectivity index (χ1v) is 9.99. The van der Waals surface area contributed by atoms with Crippen molar-refractivity contribution in [3.8, 4) is 11.5 Å². The van der Waals surface area contributed by atoms with Gasteiger partial charge in [0.05, 0.1) is 19.8 Å². The summed E-state index contributed by atoms with van der Waals surface area (Å²) in [6.07, 6.45) is 2.15. The highest BCUT2D eigenvalue weighted by molar-refractivity contribution is 7.52. The summed E-state index contributed by atoms with van der Waals surface area (Å²) in [5, 5.41) is 2.60. The zero-order valence-corrected chi connectivity index (χ0v) is 16.9. The van der Waals surface area contributed by atoms with Crippen LogP contribution < -0.4 is 14.3 Å². The normalized spacial score (nSPS) is 14.4. The molecule has 0 amide bonds. The van der Waals surface area contributed by atoms with E-state index in [1.807, 2.05) is 6.07 Å². The highest BCUT2D eigenvalue weighted by Crippen LogP contribution is 2.47. The van der Waals surface area contributed by atoms with Gasteiger partial charge >= 0.3 is 13.7 Å². The van der Waals surface area contributed by atoms with Crippen molar-refractivity contribution in [1.82, 2.24) is 5.09 Å². The van der Waals surface area contributed by atoms with Crippen LogP contribution in [-0.2, 0) is 25.0 Å². The van der Waals surface area contributed by atoms with E-state index in [0.29, 0.717) is 12.2 Å². The van der Waals surface area contributed by atoms with E-state index in [2.05, 4.69) is 11.7 Å². The lowest BCUT2D eigenvalue weighted by atomic mass is 10.1. The van der Waals surface area contributed by atoms with E-state index in [1.54, 1.807) is 39.0 Å². The van der Waals surface area contributed by atoms with Crippen LogP contribution in [0.25, 0.3) is 0 Å². The zero-order valence-electron chi connectivity index (χ0n) is 16.0. The summed E-state index contributed by atoms with van der Waals surface area (Å²) >= 11 is 0. The number of esters is 1. The Labute approximate surface area is 155 Å². The second-order valence-corrected chi connectivity index (χ2v) is 7.51. The summed E-state index contributed by atoms with van der Waals surface area (Å²) in [4.78, 5) is 12.0. The lowest BCUT2D eigenvalue weighted by Crippen LogP contribution is -2.36. The minimum absolute atomic E-state index is 0.132. The van der Waals surface area contributed by atoms with E-state index in [0.717, 1.165) is 5.56 Å². The van der Waals surface area contributed by atoms with Gasteiger partial charge in [0.1, 0.15) is 6.04 Å². The average Bonchev–Trinajstić information content (AvgIpc) is 2.55. The van der Waals surface area contributed by atoms with Crippen molar-refractivity contribution in [3.63, 3.8) is 0 Å². The number of hydrogen-bond acceptors (Lipinski definition) is 6. The lowest BCUT2D eigenvalue weighted by Gasteiger charge is -2.23. The number of nitrogens with one attached hydrogen (secondary N) is 1. The Balaban J connectivity index is 3.00. The monoisotopic (exact) mass is 385 g/mol. The molecule has 0 aromatic heterocycles. The Morgan fingerprint density at radius 1 is 1.31 bits per heavy atom. The molecule has 146 valence electrons. The topological polar surface area (TPSA) is 83.1 Å². The van der Waals surface area contributed by atoms with Gasteiger partial charge in [0, 0.05) is 0 Å². The molecule has 8 heteroatoms. The van der Waals surface area contributed by atoms with E-state index >= 15 is 0 Å². The van der Waals surface area contributed by atoms with Crippen LogP contribution in [0.15, 0.2) is 30.9 Å². The minimum atomic E-state index is -3.82. The molecule has 1 unspecified atom stereocenters. The first-order valence-electron chi connectivity index (χ1n) is 8.45. The van der Waals surface area contributed by atoms with Crippen molar-refractivity contribution < 1.29 is 27.9 Å². The summed E-state index contributed by atoms with van der Waals surface area (Å²) in [6.45, 7) is 10.5. The maximum absolute atomic E-state index is 13.0. The largest absolute Gasteiger partial charge is 0.493 e. The van der Waals surface area contributed by atoms with Crippen LogP contribution in [0.4, 0.5) is 0 Å². The number of carbonyl (C=O) groups excluding carboxylic acids is 1. The van der Waals surface area contributed by atoms with Crippen molar-refractivity contribution in [3.05, 3.63) is 36.4 Å². The number of ether oxygens (including phenoxy) is 2. The van der Waals surface area contributed by atoms with Gasteiger partial charge in [-0.3, -0.25) is 9.32 Å². The van der Waals surface area contributed by atoms with E-state index in [9.17, 15) is 9.36 Å². The maximum atomic E-state index is 13.0. The van der Waals surface area contributed by atoms with Crippen LogP contribution in [0.1, 0.15) is 33.3 Å². The SMILES string of the molecule is C=CCc1ccc(OP(=O)(N[C@@H](C)C(=O)OC(C)C)OCC)c(OC)c1. The molecule has 0 fully saturated rings. The molecule has 1 aromatic carbocycles. The molecular weight excluding hydrogens is 357 g/mol.